The number of nitrogens with one attached hydrogen (secondary N) is 2. The van der Waals surface area contributed by atoms with Crippen molar-refractivity contribution in [3.63, 3.8) is 0 Å². The number of aromatic amines is 1. The summed E-state index contributed by atoms with van der Waals surface area (Å²) in [7, 11) is 1.61. The average molecular weight is 405 g/mol. The van der Waals surface area contributed by atoms with Crippen molar-refractivity contribution in [3.05, 3.63) is 82.9 Å². The number of carbonyl (C=O) groups is 1. The van der Waals surface area contributed by atoms with E-state index in [1.165, 1.54) is 0 Å². The van der Waals surface area contributed by atoms with Gasteiger partial charge in [-0.05, 0) is 60.2 Å². The molecule has 0 fully saturated rings. The highest BCUT2D eigenvalue weighted by Gasteiger charge is 2.11. The Bertz CT molecular complexity index is 1200. The van der Waals surface area contributed by atoms with Gasteiger partial charge in [0.15, 0.2) is 0 Å². The van der Waals surface area contributed by atoms with Crippen molar-refractivity contribution in [2.45, 2.75) is 0 Å². The Labute approximate surface area is 172 Å². The Morgan fingerprint density at radius 2 is 1.93 bits per heavy atom. The predicted molar refractivity (Wildman–Crippen MR) is 115 cm³/mol. The normalized spacial score (nSPS) is 11.1. The van der Waals surface area contributed by atoms with Crippen molar-refractivity contribution in [1.82, 2.24) is 15.4 Å². The summed E-state index contributed by atoms with van der Waals surface area (Å²) in [6.07, 6.45) is 1.57. The van der Waals surface area contributed by atoms with Crippen molar-refractivity contribution >= 4 is 34.8 Å². The van der Waals surface area contributed by atoms with Crippen LogP contribution in [0.15, 0.2) is 71.8 Å². The van der Waals surface area contributed by atoms with E-state index in [0.717, 1.165) is 27.9 Å². The lowest BCUT2D eigenvalue weighted by Gasteiger charge is -2.01. The zero-order chi connectivity index (χ0) is 20.2. The van der Waals surface area contributed by atoms with E-state index in [-0.39, 0.29) is 5.91 Å². The molecule has 6 nitrogen and oxygen atoms in total. The maximum atomic E-state index is 12.4. The number of ether oxygens (including phenoxy) is 1. The van der Waals surface area contributed by atoms with Crippen molar-refractivity contribution in [2.24, 2.45) is 5.10 Å². The monoisotopic (exact) mass is 404 g/mol. The summed E-state index contributed by atoms with van der Waals surface area (Å²) in [5.74, 6) is 1.10. The summed E-state index contributed by atoms with van der Waals surface area (Å²) in [6.45, 7) is 0. The standard InChI is InChI=1S/C22H17ClN4O2/c1-29-16-9-6-14(7-10-16)13-24-27-22(28)15-8-11-19-20(12-15)26-21(25-19)17-4-2-3-5-18(17)23/h2-13H,1H3,(H,25,26)(H,27,28)/b24-13+. The number of benzene rings is 3. The van der Waals surface area contributed by atoms with Crippen LogP contribution < -0.4 is 10.2 Å². The second-order valence-electron chi connectivity index (χ2n) is 6.27. The second kappa shape index (κ2) is 8.16. The molecule has 2 N–H and O–H groups in total. The van der Waals surface area contributed by atoms with E-state index < -0.39 is 0 Å². The highest BCUT2D eigenvalue weighted by atomic mass is 35.5. The van der Waals surface area contributed by atoms with Gasteiger partial charge >= 0.3 is 0 Å². The number of rotatable bonds is 5. The number of hydrogen-bond acceptors (Lipinski definition) is 4. The Kier molecular flexibility index (Phi) is 5.27. The fourth-order valence-electron chi connectivity index (χ4n) is 2.85. The van der Waals surface area contributed by atoms with E-state index in [4.69, 9.17) is 16.3 Å². The van der Waals surface area contributed by atoms with Crippen LogP contribution in [0.3, 0.4) is 0 Å². The van der Waals surface area contributed by atoms with Crippen LogP contribution in [0.4, 0.5) is 0 Å². The molecular weight excluding hydrogens is 388 g/mol. The number of halogens is 1. The van der Waals surface area contributed by atoms with Crippen LogP contribution in [-0.2, 0) is 0 Å². The molecule has 0 unspecified atom stereocenters. The number of carbonyl (C=O) groups excluding carboxylic acids is 1. The van der Waals surface area contributed by atoms with Crippen molar-refractivity contribution in [1.29, 1.82) is 0 Å². The third-order valence-electron chi connectivity index (χ3n) is 4.37. The number of imidazole rings is 1. The fraction of sp³-hybridized carbons (Fsp3) is 0.0455. The van der Waals surface area contributed by atoms with Crippen LogP contribution >= 0.6 is 11.6 Å². The van der Waals surface area contributed by atoms with Crippen molar-refractivity contribution in [2.75, 3.05) is 7.11 Å². The molecule has 0 saturated heterocycles. The van der Waals surface area contributed by atoms with Gasteiger partial charge in [-0.2, -0.15) is 5.10 Å². The minimum absolute atomic E-state index is 0.314. The molecule has 0 aliphatic heterocycles. The van der Waals surface area contributed by atoms with Crippen molar-refractivity contribution < 1.29 is 9.53 Å². The SMILES string of the molecule is COc1ccc(/C=N/NC(=O)c2ccc3nc(-c4ccccc4Cl)[nH]c3c2)cc1. The average Bonchev–Trinajstić information content (AvgIpc) is 3.17. The van der Waals surface area contributed by atoms with Gasteiger partial charge in [0.25, 0.3) is 5.91 Å². The van der Waals surface area contributed by atoms with Gasteiger partial charge < -0.3 is 9.72 Å². The highest BCUT2D eigenvalue weighted by Crippen LogP contribution is 2.27. The summed E-state index contributed by atoms with van der Waals surface area (Å²) >= 11 is 6.25. The maximum absolute atomic E-state index is 12.4. The number of nitrogens with zero attached hydrogens (tertiary/aromatic N) is 2. The van der Waals surface area contributed by atoms with E-state index >= 15 is 0 Å². The first-order valence-corrected chi connectivity index (χ1v) is 9.24. The molecule has 0 radical (unpaired) electrons. The smallest absolute Gasteiger partial charge is 0.271 e. The van der Waals surface area contributed by atoms with Gasteiger partial charge in [0.2, 0.25) is 0 Å². The lowest BCUT2D eigenvalue weighted by molar-refractivity contribution is 0.0955. The first-order chi connectivity index (χ1) is 14.1. The predicted octanol–water partition coefficient (Wildman–Crippen LogP) is 4.66. The highest BCUT2D eigenvalue weighted by molar-refractivity contribution is 6.33. The van der Waals surface area contributed by atoms with Crippen LogP contribution in [0.1, 0.15) is 15.9 Å². The largest absolute Gasteiger partial charge is 0.497 e. The number of hydrazone groups is 1. The minimum atomic E-state index is -0.314. The Balaban J connectivity index is 1.50. The Morgan fingerprint density at radius 3 is 2.69 bits per heavy atom. The van der Waals surface area contributed by atoms with Crippen LogP contribution in [0.5, 0.6) is 5.75 Å². The molecule has 1 heterocycles. The molecule has 0 saturated carbocycles. The molecule has 0 spiro atoms. The molecule has 0 aliphatic rings. The number of aromatic nitrogens is 2. The molecule has 0 bridgehead atoms. The van der Waals surface area contributed by atoms with Crippen LogP contribution in [-0.4, -0.2) is 29.2 Å². The van der Waals surface area contributed by atoms with Gasteiger partial charge in [-0.1, -0.05) is 23.7 Å². The summed E-state index contributed by atoms with van der Waals surface area (Å²) in [4.78, 5) is 20.2. The summed E-state index contributed by atoms with van der Waals surface area (Å²) in [5.41, 5.74) is 6.15. The van der Waals surface area contributed by atoms with Crippen molar-refractivity contribution in [3.8, 4) is 17.1 Å². The quantitative estimate of drug-likeness (QED) is 0.375. The third kappa shape index (κ3) is 4.12. The van der Waals surface area contributed by atoms with Gasteiger partial charge in [-0.25, -0.2) is 10.4 Å². The molecule has 7 heteroatoms. The second-order valence-corrected chi connectivity index (χ2v) is 6.68. The lowest BCUT2D eigenvalue weighted by Crippen LogP contribution is -2.17. The van der Waals surface area contributed by atoms with Gasteiger partial charge in [0.1, 0.15) is 11.6 Å². The van der Waals surface area contributed by atoms with E-state index in [9.17, 15) is 4.79 Å². The third-order valence-corrected chi connectivity index (χ3v) is 4.70. The van der Waals surface area contributed by atoms with E-state index in [1.54, 1.807) is 31.5 Å². The molecule has 4 rings (SSSR count). The molecule has 1 aromatic heterocycles. The topological polar surface area (TPSA) is 79.4 Å². The van der Waals surface area contributed by atoms with Gasteiger partial charge in [-0.3, -0.25) is 4.79 Å². The number of methoxy groups -OCH3 is 1. The summed E-state index contributed by atoms with van der Waals surface area (Å²) in [5, 5.41) is 4.62. The number of fused-ring (bicyclic) bond motifs is 1. The molecule has 0 atom stereocenters. The van der Waals surface area contributed by atoms with Gasteiger partial charge in [-0.15, -0.1) is 0 Å². The van der Waals surface area contributed by atoms with Crippen LogP contribution in [0.25, 0.3) is 22.4 Å². The van der Waals surface area contributed by atoms with Crippen LogP contribution in [0.2, 0.25) is 5.02 Å². The molecular formula is C22H17ClN4O2. The number of amides is 1. The first kappa shape index (κ1) is 18.7. The van der Waals surface area contributed by atoms with E-state index in [2.05, 4.69) is 20.5 Å². The molecule has 29 heavy (non-hydrogen) atoms. The molecule has 4 aromatic rings. The zero-order valence-corrected chi connectivity index (χ0v) is 16.3. The molecule has 144 valence electrons. The van der Waals surface area contributed by atoms with Gasteiger partial charge in [0, 0.05) is 11.1 Å². The molecule has 3 aromatic carbocycles. The van der Waals surface area contributed by atoms with Gasteiger partial charge in [0.05, 0.1) is 29.4 Å². The first-order valence-electron chi connectivity index (χ1n) is 8.86. The number of hydrogen-bond donors (Lipinski definition) is 2. The molecule has 0 aliphatic carbocycles. The number of H-pyrrole nitrogens is 1. The summed E-state index contributed by atoms with van der Waals surface area (Å²) < 4.78 is 5.11. The van der Waals surface area contributed by atoms with E-state index in [1.807, 2.05) is 48.5 Å². The lowest BCUT2D eigenvalue weighted by atomic mass is 10.2. The van der Waals surface area contributed by atoms with Crippen LogP contribution in [0, 0.1) is 0 Å². The fourth-order valence-corrected chi connectivity index (χ4v) is 3.08. The maximum Gasteiger partial charge on any atom is 0.271 e. The Hall–Kier alpha value is -3.64. The van der Waals surface area contributed by atoms with E-state index in [0.29, 0.717) is 16.4 Å². The minimum Gasteiger partial charge on any atom is -0.497 e. The Morgan fingerprint density at radius 1 is 1.14 bits per heavy atom. The molecule has 1 amide bonds. The summed E-state index contributed by atoms with van der Waals surface area (Å²) in [6, 6.07) is 20.0. The zero-order valence-electron chi connectivity index (χ0n) is 15.5.